The lowest BCUT2D eigenvalue weighted by Gasteiger charge is -2.24. The summed E-state index contributed by atoms with van der Waals surface area (Å²) in [6.45, 7) is 5.15. The Morgan fingerprint density at radius 1 is 1.36 bits per heavy atom. The van der Waals surface area contributed by atoms with Crippen molar-refractivity contribution in [2.45, 2.75) is 26.3 Å². The van der Waals surface area contributed by atoms with Crippen molar-refractivity contribution >= 4 is 16.9 Å². The first-order valence-corrected chi connectivity index (χ1v) is 7.59. The number of imidazole rings is 1. The molecule has 0 unspecified atom stereocenters. The van der Waals surface area contributed by atoms with Gasteiger partial charge in [0.2, 0.25) is 0 Å². The van der Waals surface area contributed by atoms with E-state index in [0.717, 1.165) is 24.0 Å². The smallest absolute Gasteiger partial charge is 0.255 e. The zero-order valence-corrected chi connectivity index (χ0v) is 14.0. The van der Waals surface area contributed by atoms with Crippen LogP contribution in [-0.4, -0.2) is 52.0 Å². The Balaban J connectivity index is 2.23. The lowest BCUT2D eigenvalue weighted by Crippen LogP contribution is -2.42. The first kappa shape index (κ1) is 16.4. The monoisotopic (exact) mass is 303 g/mol. The fourth-order valence-electron chi connectivity index (χ4n) is 2.73. The zero-order chi connectivity index (χ0) is 16.3. The van der Waals surface area contributed by atoms with Crippen LogP contribution in [0.15, 0.2) is 18.7 Å². The molecule has 0 spiro atoms. The quantitative estimate of drug-likeness (QED) is 0.882. The van der Waals surface area contributed by atoms with Crippen LogP contribution in [0.4, 0.5) is 0 Å². The van der Waals surface area contributed by atoms with Gasteiger partial charge in [0.05, 0.1) is 23.6 Å². The number of aryl methyl sites for hydroxylation is 1. The molecule has 6 nitrogen and oxygen atoms in total. The molecule has 0 aliphatic heterocycles. The molecule has 0 bridgehead atoms. The van der Waals surface area contributed by atoms with E-state index in [2.05, 4.69) is 34.0 Å². The summed E-state index contributed by atoms with van der Waals surface area (Å²) in [5, 5.41) is 3.14. The summed E-state index contributed by atoms with van der Waals surface area (Å²) in [5.41, 5.74) is 2.13. The molecule has 120 valence electrons. The van der Waals surface area contributed by atoms with E-state index in [4.69, 9.17) is 0 Å². The van der Waals surface area contributed by atoms with Crippen molar-refractivity contribution in [3.8, 4) is 0 Å². The van der Waals surface area contributed by atoms with E-state index < -0.39 is 0 Å². The molecule has 0 saturated heterocycles. The number of pyridine rings is 1. The fourth-order valence-corrected chi connectivity index (χ4v) is 2.73. The minimum Gasteiger partial charge on any atom is -0.348 e. The number of hydrogen-bond acceptors (Lipinski definition) is 4. The van der Waals surface area contributed by atoms with Gasteiger partial charge >= 0.3 is 0 Å². The van der Waals surface area contributed by atoms with Gasteiger partial charge in [-0.2, -0.15) is 0 Å². The predicted molar refractivity (Wildman–Crippen MR) is 87.8 cm³/mol. The lowest BCUT2D eigenvalue weighted by molar-refractivity contribution is 0.0925. The molecule has 0 radical (unpaired) electrons. The van der Waals surface area contributed by atoms with Gasteiger partial charge in [0.1, 0.15) is 5.52 Å². The van der Waals surface area contributed by atoms with Crippen LogP contribution in [0.25, 0.3) is 11.0 Å². The van der Waals surface area contributed by atoms with E-state index in [1.54, 1.807) is 18.7 Å². The number of nitrogens with one attached hydrogen (secondary N) is 1. The van der Waals surface area contributed by atoms with Crippen molar-refractivity contribution in [3.05, 3.63) is 24.3 Å². The highest BCUT2D eigenvalue weighted by molar-refractivity contribution is 6.04. The third-order valence-electron chi connectivity index (χ3n) is 3.54. The molecule has 2 heterocycles. The van der Waals surface area contributed by atoms with E-state index >= 15 is 0 Å². The molecule has 0 aliphatic rings. The minimum absolute atomic E-state index is 0.0887. The topological polar surface area (TPSA) is 63.1 Å². The van der Waals surface area contributed by atoms with Crippen molar-refractivity contribution < 1.29 is 4.79 Å². The van der Waals surface area contributed by atoms with Crippen LogP contribution in [0.3, 0.4) is 0 Å². The van der Waals surface area contributed by atoms with Crippen LogP contribution < -0.4 is 5.32 Å². The van der Waals surface area contributed by atoms with Crippen LogP contribution >= 0.6 is 0 Å². The molecule has 22 heavy (non-hydrogen) atoms. The SMILES string of the molecule is CC(C)C[C@@H](CN(C)C)NC(=O)c1cncc2ncn(C)c12. The molecule has 0 aliphatic carbocycles. The average molecular weight is 303 g/mol. The number of carbonyl (C=O) groups is 1. The van der Waals surface area contributed by atoms with Crippen molar-refractivity contribution in [2.75, 3.05) is 20.6 Å². The van der Waals surface area contributed by atoms with Gasteiger partial charge in [-0.05, 0) is 26.4 Å². The largest absolute Gasteiger partial charge is 0.348 e. The maximum atomic E-state index is 12.7. The predicted octanol–water partition coefficient (Wildman–Crippen LogP) is 1.67. The summed E-state index contributed by atoms with van der Waals surface area (Å²) in [6.07, 6.45) is 5.94. The Kier molecular flexibility index (Phi) is 5.13. The molecule has 0 fully saturated rings. The molecule has 1 atom stereocenters. The Morgan fingerprint density at radius 3 is 2.73 bits per heavy atom. The molecule has 0 saturated carbocycles. The number of hydrogen-bond donors (Lipinski definition) is 1. The second-order valence-corrected chi connectivity index (χ2v) is 6.47. The zero-order valence-electron chi connectivity index (χ0n) is 14.0. The Morgan fingerprint density at radius 2 is 2.09 bits per heavy atom. The third-order valence-corrected chi connectivity index (χ3v) is 3.54. The molecule has 1 N–H and O–H groups in total. The molecule has 2 aromatic heterocycles. The maximum absolute atomic E-state index is 12.7. The first-order valence-electron chi connectivity index (χ1n) is 7.59. The summed E-state index contributed by atoms with van der Waals surface area (Å²) < 4.78 is 1.86. The number of likely N-dealkylation sites (N-methyl/N-ethyl adjacent to an activating group) is 1. The highest BCUT2D eigenvalue weighted by Crippen LogP contribution is 2.16. The number of carbonyl (C=O) groups excluding carboxylic acids is 1. The molecule has 2 rings (SSSR count). The van der Waals surface area contributed by atoms with Crippen molar-refractivity contribution in [1.29, 1.82) is 0 Å². The van der Waals surface area contributed by atoms with Gasteiger partial charge in [-0.3, -0.25) is 9.78 Å². The maximum Gasteiger partial charge on any atom is 0.255 e. The van der Waals surface area contributed by atoms with Crippen molar-refractivity contribution in [2.24, 2.45) is 13.0 Å². The van der Waals surface area contributed by atoms with Crippen LogP contribution in [0, 0.1) is 5.92 Å². The van der Waals surface area contributed by atoms with Crippen molar-refractivity contribution in [3.63, 3.8) is 0 Å². The Hall–Kier alpha value is -1.95. The third kappa shape index (κ3) is 3.82. The van der Waals surface area contributed by atoms with E-state index in [0.29, 0.717) is 11.5 Å². The highest BCUT2D eigenvalue weighted by atomic mass is 16.1. The van der Waals surface area contributed by atoms with E-state index in [1.807, 2.05) is 25.7 Å². The molecule has 2 aromatic rings. The summed E-state index contributed by atoms with van der Waals surface area (Å²) in [7, 11) is 5.92. The highest BCUT2D eigenvalue weighted by Gasteiger charge is 2.19. The second-order valence-electron chi connectivity index (χ2n) is 6.47. The lowest BCUT2D eigenvalue weighted by atomic mass is 10.0. The molecular weight excluding hydrogens is 278 g/mol. The summed E-state index contributed by atoms with van der Waals surface area (Å²) in [6, 6.07) is 0.117. The summed E-state index contributed by atoms with van der Waals surface area (Å²) >= 11 is 0. The van der Waals surface area contributed by atoms with Gasteiger partial charge < -0.3 is 14.8 Å². The van der Waals surface area contributed by atoms with Crippen molar-refractivity contribution in [1.82, 2.24) is 24.8 Å². The standard InChI is InChI=1S/C16H25N5O/c1-11(2)6-12(9-20(3)4)19-16(22)13-7-17-8-14-15(13)21(5)10-18-14/h7-8,10-12H,6,9H2,1-5H3,(H,19,22)/t12-/m0/s1. The fraction of sp³-hybridized carbons (Fsp3) is 0.562. The Labute approximate surface area is 131 Å². The van der Waals surface area contributed by atoms with E-state index in [9.17, 15) is 4.79 Å². The van der Waals surface area contributed by atoms with E-state index in [1.165, 1.54) is 0 Å². The van der Waals surface area contributed by atoms with E-state index in [-0.39, 0.29) is 11.9 Å². The molecule has 1 amide bonds. The van der Waals surface area contributed by atoms with Gasteiger partial charge in [0, 0.05) is 25.8 Å². The number of nitrogens with zero attached hydrogens (tertiary/aromatic N) is 4. The first-order chi connectivity index (χ1) is 10.4. The second kappa shape index (κ2) is 6.87. The number of amides is 1. The number of aromatic nitrogens is 3. The molecular formula is C16H25N5O. The minimum atomic E-state index is -0.0887. The summed E-state index contributed by atoms with van der Waals surface area (Å²) in [5.74, 6) is 0.435. The van der Waals surface area contributed by atoms with Gasteiger partial charge in [-0.1, -0.05) is 13.8 Å². The number of rotatable bonds is 6. The normalized spacial score (nSPS) is 13.0. The van der Waals surface area contributed by atoms with Crippen LogP contribution in [0.2, 0.25) is 0 Å². The number of fused-ring (bicyclic) bond motifs is 1. The van der Waals surface area contributed by atoms with Gasteiger partial charge in [0.15, 0.2) is 0 Å². The molecule has 0 aromatic carbocycles. The van der Waals surface area contributed by atoms with Crippen LogP contribution in [0.1, 0.15) is 30.6 Å². The average Bonchev–Trinajstić information content (AvgIpc) is 2.79. The van der Waals surface area contributed by atoms with Gasteiger partial charge in [0.25, 0.3) is 5.91 Å². The Bertz CT molecular complexity index is 637. The molecule has 6 heteroatoms. The van der Waals surface area contributed by atoms with Gasteiger partial charge in [-0.25, -0.2) is 4.98 Å². The summed E-state index contributed by atoms with van der Waals surface area (Å²) in [4.78, 5) is 23.1. The van der Waals surface area contributed by atoms with Crippen LogP contribution in [-0.2, 0) is 7.05 Å². The van der Waals surface area contributed by atoms with Gasteiger partial charge in [-0.15, -0.1) is 0 Å². The van der Waals surface area contributed by atoms with Crippen LogP contribution in [0.5, 0.6) is 0 Å².